The van der Waals surface area contributed by atoms with Crippen LogP contribution in [0.5, 0.6) is 5.75 Å². The molecule has 1 heterocycles. The van der Waals surface area contributed by atoms with E-state index in [1.165, 1.54) is 0 Å². The number of hydrogen-bond acceptors (Lipinski definition) is 3. The molecular weight excluding hydrogens is 294 g/mol. The molecule has 0 aromatic heterocycles. The number of fused-ring (bicyclic) bond motifs is 1. The summed E-state index contributed by atoms with van der Waals surface area (Å²) in [5, 5.41) is 9.56. The maximum atomic E-state index is 12.3. The Morgan fingerprint density at radius 3 is 2.78 bits per heavy atom. The molecule has 124 valence electrons. The molecule has 1 amide bonds. The molecule has 2 atom stereocenters. The number of carboxylic acids is 1. The monoisotopic (exact) mass is 317 g/mol. The Morgan fingerprint density at radius 1 is 1.30 bits per heavy atom. The number of carboxylic acid groups (broad SMARTS) is 1. The van der Waals surface area contributed by atoms with Gasteiger partial charge in [0.05, 0.1) is 12.0 Å². The highest BCUT2D eigenvalue weighted by atomic mass is 16.5. The van der Waals surface area contributed by atoms with E-state index in [4.69, 9.17) is 4.74 Å². The number of carbonyl (C=O) groups excluding carboxylic acids is 1. The minimum atomic E-state index is -0.734. The molecule has 1 aliphatic carbocycles. The first kappa shape index (κ1) is 15.8. The van der Waals surface area contributed by atoms with E-state index in [-0.39, 0.29) is 11.8 Å². The molecule has 0 radical (unpaired) electrons. The second-order valence-electron chi connectivity index (χ2n) is 6.59. The van der Waals surface area contributed by atoms with E-state index in [0.29, 0.717) is 39.0 Å². The molecule has 0 unspecified atom stereocenters. The highest BCUT2D eigenvalue weighted by molar-refractivity contribution is 5.81. The van der Waals surface area contributed by atoms with Crippen molar-refractivity contribution in [3.05, 3.63) is 30.3 Å². The van der Waals surface area contributed by atoms with Gasteiger partial charge in [-0.15, -0.1) is 0 Å². The molecule has 1 aromatic carbocycles. The van der Waals surface area contributed by atoms with E-state index >= 15 is 0 Å². The van der Waals surface area contributed by atoms with Gasteiger partial charge in [0.1, 0.15) is 5.75 Å². The van der Waals surface area contributed by atoms with E-state index < -0.39 is 11.4 Å². The second kappa shape index (κ2) is 6.60. The molecule has 5 heteroatoms. The van der Waals surface area contributed by atoms with Crippen LogP contribution in [0.4, 0.5) is 0 Å². The van der Waals surface area contributed by atoms with Crippen LogP contribution in [-0.2, 0) is 9.59 Å². The Morgan fingerprint density at radius 2 is 2.09 bits per heavy atom. The van der Waals surface area contributed by atoms with Crippen LogP contribution in [0.15, 0.2) is 30.3 Å². The summed E-state index contributed by atoms with van der Waals surface area (Å²) in [6, 6.07) is 9.53. The lowest BCUT2D eigenvalue weighted by molar-refractivity contribution is -0.149. The smallest absolute Gasteiger partial charge is 0.311 e. The Labute approximate surface area is 136 Å². The van der Waals surface area contributed by atoms with Gasteiger partial charge in [-0.2, -0.15) is 0 Å². The molecule has 23 heavy (non-hydrogen) atoms. The molecule has 1 aromatic rings. The summed E-state index contributed by atoms with van der Waals surface area (Å²) in [6.07, 6.45) is 3.65. The van der Waals surface area contributed by atoms with E-state index in [9.17, 15) is 14.7 Å². The van der Waals surface area contributed by atoms with Crippen molar-refractivity contribution in [2.24, 2.45) is 11.3 Å². The van der Waals surface area contributed by atoms with Crippen molar-refractivity contribution < 1.29 is 19.4 Å². The van der Waals surface area contributed by atoms with Crippen molar-refractivity contribution in [3.8, 4) is 5.75 Å². The minimum absolute atomic E-state index is 0.0525. The molecule has 0 bridgehead atoms. The van der Waals surface area contributed by atoms with Gasteiger partial charge in [0.25, 0.3) is 0 Å². The normalized spacial score (nSPS) is 26.1. The Hall–Kier alpha value is -2.04. The fourth-order valence-electron chi connectivity index (χ4n) is 3.92. The lowest BCUT2D eigenvalue weighted by Crippen LogP contribution is -2.37. The van der Waals surface area contributed by atoms with Crippen LogP contribution in [0.1, 0.15) is 32.1 Å². The Balaban J connectivity index is 1.45. The summed E-state index contributed by atoms with van der Waals surface area (Å²) in [4.78, 5) is 25.7. The maximum Gasteiger partial charge on any atom is 0.311 e. The molecule has 5 nitrogen and oxygen atoms in total. The number of rotatable bonds is 6. The fraction of sp³-hybridized carbons (Fsp3) is 0.556. The van der Waals surface area contributed by atoms with Crippen molar-refractivity contribution in [2.45, 2.75) is 32.1 Å². The fourth-order valence-corrected chi connectivity index (χ4v) is 3.92. The van der Waals surface area contributed by atoms with E-state index in [1.54, 1.807) is 4.90 Å². The third-order valence-electron chi connectivity index (χ3n) is 5.20. The highest BCUT2D eigenvalue weighted by Crippen LogP contribution is 2.48. The molecule has 2 aliphatic rings. The summed E-state index contributed by atoms with van der Waals surface area (Å²) < 4.78 is 5.59. The third kappa shape index (κ3) is 3.19. The van der Waals surface area contributed by atoms with E-state index in [2.05, 4.69) is 0 Å². The van der Waals surface area contributed by atoms with Gasteiger partial charge in [-0.05, 0) is 37.3 Å². The van der Waals surface area contributed by atoms with Crippen LogP contribution in [0.2, 0.25) is 0 Å². The number of hydrogen-bond donors (Lipinski definition) is 1. The number of benzene rings is 1. The third-order valence-corrected chi connectivity index (χ3v) is 5.20. The van der Waals surface area contributed by atoms with Crippen LogP contribution >= 0.6 is 0 Å². The SMILES string of the molecule is O=C(CCCOc1ccccc1)N1C[C@@H]2CCC[C@@]2(C(=O)O)C1. The minimum Gasteiger partial charge on any atom is -0.494 e. The number of para-hydroxylation sites is 1. The molecule has 1 N–H and O–H groups in total. The zero-order valence-corrected chi connectivity index (χ0v) is 13.2. The van der Waals surface area contributed by atoms with Crippen molar-refractivity contribution in [2.75, 3.05) is 19.7 Å². The van der Waals surface area contributed by atoms with E-state index in [1.807, 2.05) is 30.3 Å². The second-order valence-corrected chi connectivity index (χ2v) is 6.59. The zero-order valence-electron chi connectivity index (χ0n) is 13.2. The zero-order chi connectivity index (χ0) is 16.3. The molecule has 3 rings (SSSR count). The van der Waals surface area contributed by atoms with Gasteiger partial charge in [0, 0.05) is 19.5 Å². The largest absolute Gasteiger partial charge is 0.494 e. The first-order valence-electron chi connectivity index (χ1n) is 8.31. The van der Waals surface area contributed by atoms with Crippen LogP contribution < -0.4 is 4.74 Å². The summed E-state index contributed by atoms with van der Waals surface area (Å²) in [6.45, 7) is 1.48. The van der Waals surface area contributed by atoms with E-state index in [0.717, 1.165) is 18.6 Å². The summed E-state index contributed by atoms with van der Waals surface area (Å²) in [5.41, 5.74) is -0.684. The van der Waals surface area contributed by atoms with Gasteiger partial charge < -0.3 is 14.7 Å². The lowest BCUT2D eigenvalue weighted by Gasteiger charge is -2.23. The molecule has 1 saturated carbocycles. The predicted octanol–water partition coefficient (Wildman–Crippen LogP) is 2.56. The Kier molecular flexibility index (Phi) is 4.55. The van der Waals surface area contributed by atoms with Crippen molar-refractivity contribution in [3.63, 3.8) is 0 Å². The van der Waals surface area contributed by atoms with Crippen LogP contribution in [-0.4, -0.2) is 41.6 Å². The van der Waals surface area contributed by atoms with Gasteiger partial charge >= 0.3 is 5.97 Å². The summed E-state index contributed by atoms with van der Waals surface area (Å²) in [7, 11) is 0. The average Bonchev–Trinajstić information content (AvgIpc) is 3.10. The quantitative estimate of drug-likeness (QED) is 0.819. The first-order chi connectivity index (χ1) is 11.1. The lowest BCUT2D eigenvalue weighted by atomic mass is 9.81. The number of aliphatic carboxylic acids is 1. The molecule has 2 fully saturated rings. The molecular formula is C18H23NO4. The summed E-state index contributed by atoms with van der Waals surface area (Å²) >= 11 is 0. The first-order valence-corrected chi connectivity index (χ1v) is 8.31. The molecule has 1 saturated heterocycles. The standard InChI is InChI=1S/C18H23NO4/c20-16(9-5-11-23-15-7-2-1-3-8-15)19-12-14-6-4-10-18(14,13-19)17(21)22/h1-3,7-8,14H,4-6,9-13H2,(H,21,22)/t14-,18+/m0/s1. The van der Waals surface area contributed by atoms with Crippen molar-refractivity contribution in [1.29, 1.82) is 0 Å². The number of carbonyl (C=O) groups is 2. The van der Waals surface area contributed by atoms with Crippen molar-refractivity contribution >= 4 is 11.9 Å². The topological polar surface area (TPSA) is 66.8 Å². The maximum absolute atomic E-state index is 12.3. The molecule has 0 spiro atoms. The number of amides is 1. The van der Waals surface area contributed by atoms with Gasteiger partial charge in [-0.1, -0.05) is 24.6 Å². The van der Waals surface area contributed by atoms with Gasteiger partial charge in [-0.3, -0.25) is 9.59 Å². The Bertz CT molecular complexity index is 574. The van der Waals surface area contributed by atoms with Gasteiger partial charge in [0.2, 0.25) is 5.91 Å². The highest BCUT2D eigenvalue weighted by Gasteiger charge is 2.55. The number of ether oxygens (including phenoxy) is 1. The van der Waals surface area contributed by atoms with Crippen LogP contribution in [0.25, 0.3) is 0 Å². The predicted molar refractivity (Wildman–Crippen MR) is 85.2 cm³/mol. The average molecular weight is 317 g/mol. The summed E-state index contributed by atoms with van der Waals surface area (Å²) in [5.74, 6) is 0.254. The number of nitrogens with zero attached hydrogens (tertiary/aromatic N) is 1. The van der Waals surface area contributed by atoms with Gasteiger partial charge in [-0.25, -0.2) is 0 Å². The van der Waals surface area contributed by atoms with Crippen LogP contribution in [0.3, 0.4) is 0 Å². The molecule has 1 aliphatic heterocycles. The van der Waals surface area contributed by atoms with Crippen molar-refractivity contribution in [1.82, 2.24) is 4.90 Å². The number of likely N-dealkylation sites (tertiary alicyclic amines) is 1. The van der Waals surface area contributed by atoms with Gasteiger partial charge in [0.15, 0.2) is 0 Å². The van der Waals surface area contributed by atoms with Crippen LogP contribution in [0, 0.1) is 11.3 Å².